The van der Waals surface area contributed by atoms with E-state index in [9.17, 15) is 4.79 Å². The van der Waals surface area contributed by atoms with Crippen LogP contribution >= 0.6 is 15.9 Å². The Labute approximate surface area is 139 Å². The van der Waals surface area contributed by atoms with Crippen LogP contribution in [0.5, 0.6) is 0 Å². The van der Waals surface area contributed by atoms with Crippen LogP contribution < -0.4 is 0 Å². The molecule has 0 unspecified atom stereocenters. The summed E-state index contributed by atoms with van der Waals surface area (Å²) in [6.45, 7) is 7.14. The van der Waals surface area contributed by atoms with Gasteiger partial charge in [0.2, 0.25) is 0 Å². The Morgan fingerprint density at radius 2 is 2.09 bits per heavy atom. The molecule has 3 rings (SSSR count). The maximum atomic E-state index is 12.2. The molecule has 0 spiro atoms. The SMILES string of the molecule is CC(C)(C)OC(=O)N1CC[C@@H](n2ccc3c(Br)cccc32)C1. The molecule has 0 bridgehead atoms. The molecule has 22 heavy (non-hydrogen) atoms. The minimum Gasteiger partial charge on any atom is -0.444 e. The van der Waals surface area contributed by atoms with Gasteiger partial charge in [0.25, 0.3) is 0 Å². The number of carbonyl (C=O) groups excluding carboxylic acids is 1. The second kappa shape index (κ2) is 5.61. The highest BCUT2D eigenvalue weighted by Crippen LogP contribution is 2.31. The number of halogens is 1. The normalized spacial score (nSPS) is 18.9. The Morgan fingerprint density at radius 1 is 1.32 bits per heavy atom. The van der Waals surface area contributed by atoms with Crippen LogP contribution in [0.4, 0.5) is 4.79 Å². The van der Waals surface area contributed by atoms with Crippen molar-refractivity contribution in [3.05, 3.63) is 34.9 Å². The number of carbonyl (C=O) groups is 1. The lowest BCUT2D eigenvalue weighted by Gasteiger charge is -2.24. The molecular formula is C17H21BrN2O2. The van der Waals surface area contributed by atoms with Crippen LogP contribution in [0.25, 0.3) is 10.9 Å². The van der Waals surface area contributed by atoms with E-state index >= 15 is 0 Å². The Balaban J connectivity index is 1.77. The fraction of sp³-hybridized carbons (Fsp3) is 0.471. The van der Waals surface area contributed by atoms with Crippen molar-refractivity contribution in [3.8, 4) is 0 Å². The van der Waals surface area contributed by atoms with E-state index in [1.807, 2.05) is 32.9 Å². The lowest BCUT2D eigenvalue weighted by molar-refractivity contribution is 0.0289. The quantitative estimate of drug-likeness (QED) is 0.741. The lowest BCUT2D eigenvalue weighted by Crippen LogP contribution is -2.35. The molecule has 0 aliphatic carbocycles. The maximum absolute atomic E-state index is 12.2. The predicted molar refractivity (Wildman–Crippen MR) is 91.1 cm³/mol. The fourth-order valence-corrected chi connectivity index (χ4v) is 3.42. The molecule has 1 fully saturated rings. The van der Waals surface area contributed by atoms with Gasteiger partial charge < -0.3 is 14.2 Å². The van der Waals surface area contributed by atoms with Gasteiger partial charge in [-0.1, -0.05) is 22.0 Å². The van der Waals surface area contributed by atoms with Crippen molar-refractivity contribution in [3.63, 3.8) is 0 Å². The van der Waals surface area contributed by atoms with Crippen molar-refractivity contribution in [2.75, 3.05) is 13.1 Å². The van der Waals surface area contributed by atoms with Crippen LogP contribution in [0.2, 0.25) is 0 Å². The average Bonchev–Trinajstić information content (AvgIpc) is 3.03. The molecule has 2 aromatic rings. The minimum atomic E-state index is -0.444. The van der Waals surface area contributed by atoms with Crippen LogP contribution in [0.15, 0.2) is 34.9 Å². The molecule has 1 amide bonds. The number of ether oxygens (including phenoxy) is 1. The first-order valence-electron chi connectivity index (χ1n) is 7.58. The first-order valence-corrected chi connectivity index (χ1v) is 8.37. The van der Waals surface area contributed by atoms with Gasteiger partial charge in [0, 0.05) is 34.7 Å². The molecule has 1 aliphatic rings. The van der Waals surface area contributed by atoms with Crippen LogP contribution in [-0.4, -0.2) is 34.3 Å². The van der Waals surface area contributed by atoms with E-state index in [0.717, 1.165) is 17.4 Å². The highest BCUT2D eigenvalue weighted by Gasteiger charge is 2.30. The first kappa shape index (κ1) is 15.4. The van der Waals surface area contributed by atoms with Gasteiger partial charge in [-0.05, 0) is 45.4 Å². The molecule has 118 valence electrons. The Kier molecular flexibility index (Phi) is 3.93. The molecule has 0 saturated carbocycles. The number of hydrogen-bond acceptors (Lipinski definition) is 2. The number of hydrogen-bond donors (Lipinski definition) is 0. The highest BCUT2D eigenvalue weighted by molar-refractivity contribution is 9.10. The van der Waals surface area contributed by atoms with E-state index in [1.165, 1.54) is 10.9 Å². The number of aromatic nitrogens is 1. The molecule has 0 radical (unpaired) electrons. The summed E-state index contributed by atoms with van der Waals surface area (Å²) >= 11 is 3.59. The van der Waals surface area contributed by atoms with Crippen LogP contribution in [0.3, 0.4) is 0 Å². The summed E-state index contributed by atoms with van der Waals surface area (Å²) in [5.74, 6) is 0. The molecule has 1 aromatic heterocycles. The van der Waals surface area contributed by atoms with Crippen molar-refractivity contribution < 1.29 is 9.53 Å². The number of nitrogens with zero attached hydrogens (tertiary/aromatic N) is 2. The average molecular weight is 365 g/mol. The van der Waals surface area contributed by atoms with Gasteiger partial charge in [-0.2, -0.15) is 0 Å². The summed E-state index contributed by atoms with van der Waals surface area (Å²) in [6, 6.07) is 8.64. The van der Waals surface area contributed by atoms with Crippen LogP contribution in [-0.2, 0) is 4.74 Å². The van der Waals surface area contributed by atoms with E-state index in [2.05, 4.69) is 38.8 Å². The summed E-state index contributed by atoms with van der Waals surface area (Å²) in [7, 11) is 0. The Morgan fingerprint density at radius 3 is 2.82 bits per heavy atom. The molecule has 1 aliphatic heterocycles. The van der Waals surface area contributed by atoms with E-state index < -0.39 is 5.60 Å². The zero-order chi connectivity index (χ0) is 15.9. The number of amides is 1. The van der Waals surface area contributed by atoms with Crippen molar-refractivity contribution in [1.29, 1.82) is 0 Å². The molecule has 4 nitrogen and oxygen atoms in total. The fourth-order valence-electron chi connectivity index (χ4n) is 2.93. The topological polar surface area (TPSA) is 34.5 Å². The van der Waals surface area contributed by atoms with Crippen molar-refractivity contribution in [2.24, 2.45) is 0 Å². The van der Waals surface area contributed by atoms with Gasteiger partial charge in [-0.25, -0.2) is 4.79 Å². The summed E-state index contributed by atoms with van der Waals surface area (Å²) in [4.78, 5) is 14.0. The third-order valence-corrected chi connectivity index (χ3v) is 4.61. The van der Waals surface area contributed by atoms with E-state index in [1.54, 1.807) is 4.90 Å². The Hall–Kier alpha value is -1.49. The van der Waals surface area contributed by atoms with Crippen molar-refractivity contribution in [1.82, 2.24) is 9.47 Å². The minimum absolute atomic E-state index is 0.215. The third kappa shape index (κ3) is 3.00. The molecule has 1 aromatic carbocycles. The molecule has 0 N–H and O–H groups in total. The zero-order valence-corrected chi connectivity index (χ0v) is 14.8. The van der Waals surface area contributed by atoms with Crippen molar-refractivity contribution in [2.45, 2.75) is 38.8 Å². The summed E-state index contributed by atoms with van der Waals surface area (Å²) in [5, 5.41) is 1.21. The summed E-state index contributed by atoms with van der Waals surface area (Å²) in [5.41, 5.74) is 0.755. The number of rotatable bonds is 1. The molecular weight excluding hydrogens is 344 g/mol. The van der Waals surface area contributed by atoms with Gasteiger partial charge in [0.15, 0.2) is 0 Å². The summed E-state index contributed by atoms with van der Waals surface area (Å²) < 4.78 is 8.84. The van der Waals surface area contributed by atoms with Gasteiger partial charge >= 0.3 is 6.09 Å². The van der Waals surface area contributed by atoms with Gasteiger partial charge in [-0.3, -0.25) is 0 Å². The summed E-state index contributed by atoms with van der Waals surface area (Å²) in [6.07, 6.45) is 2.85. The zero-order valence-electron chi connectivity index (χ0n) is 13.2. The third-order valence-electron chi connectivity index (χ3n) is 3.92. The number of benzene rings is 1. The second-order valence-electron chi connectivity index (χ2n) is 6.76. The standard InChI is InChI=1S/C17H21BrN2O2/c1-17(2,3)22-16(21)19-9-7-12(11-19)20-10-8-13-14(18)5-4-6-15(13)20/h4-6,8,10,12H,7,9,11H2,1-3H3/t12-/m1/s1. The predicted octanol–water partition coefficient (Wildman–Crippen LogP) is 4.59. The second-order valence-corrected chi connectivity index (χ2v) is 7.62. The highest BCUT2D eigenvalue weighted by atomic mass is 79.9. The van der Waals surface area contributed by atoms with Crippen LogP contribution in [0, 0.1) is 0 Å². The van der Waals surface area contributed by atoms with Crippen LogP contribution in [0.1, 0.15) is 33.2 Å². The first-order chi connectivity index (χ1) is 10.3. The van der Waals surface area contributed by atoms with E-state index in [4.69, 9.17) is 4.74 Å². The smallest absolute Gasteiger partial charge is 0.410 e. The maximum Gasteiger partial charge on any atom is 0.410 e. The largest absolute Gasteiger partial charge is 0.444 e. The van der Waals surface area contributed by atoms with Gasteiger partial charge in [0.1, 0.15) is 5.60 Å². The molecule has 1 atom stereocenters. The van der Waals surface area contributed by atoms with Crippen molar-refractivity contribution >= 4 is 32.9 Å². The van der Waals surface area contributed by atoms with Gasteiger partial charge in [0.05, 0.1) is 6.04 Å². The number of likely N-dealkylation sites (tertiary alicyclic amines) is 1. The monoisotopic (exact) mass is 364 g/mol. The Bertz CT molecular complexity index is 702. The van der Waals surface area contributed by atoms with E-state index in [0.29, 0.717) is 12.6 Å². The van der Waals surface area contributed by atoms with Gasteiger partial charge in [-0.15, -0.1) is 0 Å². The number of fused-ring (bicyclic) bond motifs is 1. The lowest BCUT2D eigenvalue weighted by atomic mass is 10.2. The molecule has 1 saturated heterocycles. The molecule has 2 heterocycles. The van der Waals surface area contributed by atoms with E-state index in [-0.39, 0.29) is 6.09 Å². The molecule has 5 heteroatoms.